The summed E-state index contributed by atoms with van der Waals surface area (Å²) < 4.78 is 0. The van der Waals surface area contributed by atoms with Crippen molar-refractivity contribution in [3.05, 3.63) is 35.4 Å². The molecule has 114 valence electrons. The number of likely N-dealkylation sites (tertiary alicyclic amines) is 1. The summed E-state index contributed by atoms with van der Waals surface area (Å²) in [4.78, 5) is 25.5. The number of carbonyl (C=O) groups excluding carboxylic acids is 1. The summed E-state index contributed by atoms with van der Waals surface area (Å²) >= 11 is 0. The fourth-order valence-corrected chi connectivity index (χ4v) is 2.65. The average molecular weight is 290 g/mol. The third-order valence-electron chi connectivity index (χ3n) is 3.79. The molecule has 1 heterocycles. The molecule has 2 N–H and O–H groups in total. The zero-order valence-electron chi connectivity index (χ0n) is 12.2. The molecule has 0 radical (unpaired) electrons. The normalized spacial score (nSPS) is 15.6. The van der Waals surface area contributed by atoms with Gasteiger partial charge in [0.15, 0.2) is 0 Å². The van der Waals surface area contributed by atoms with Crippen molar-refractivity contribution in [3.8, 4) is 0 Å². The lowest BCUT2D eigenvalue weighted by Crippen LogP contribution is -2.33. The van der Waals surface area contributed by atoms with Crippen LogP contribution in [-0.2, 0) is 0 Å². The van der Waals surface area contributed by atoms with Gasteiger partial charge in [-0.15, -0.1) is 0 Å². The first-order valence-electron chi connectivity index (χ1n) is 7.51. The standard InChI is InChI=1S/C16H22N2O3/c19-15(13-7-2-3-8-14(13)16(20)21)17-9-6-12-18-10-4-1-5-11-18/h2-3,7-8H,1,4-6,9-12H2,(H,17,19)(H,20,21). The summed E-state index contributed by atoms with van der Waals surface area (Å²) in [5.41, 5.74) is 0.272. The van der Waals surface area contributed by atoms with E-state index in [4.69, 9.17) is 5.11 Å². The van der Waals surface area contributed by atoms with Gasteiger partial charge in [-0.3, -0.25) is 4.79 Å². The van der Waals surface area contributed by atoms with Crippen LogP contribution in [0.25, 0.3) is 0 Å². The van der Waals surface area contributed by atoms with E-state index < -0.39 is 5.97 Å². The van der Waals surface area contributed by atoms with Gasteiger partial charge in [0, 0.05) is 6.54 Å². The number of piperidine rings is 1. The van der Waals surface area contributed by atoms with E-state index in [0.29, 0.717) is 6.54 Å². The number of rotatable bonds is 6. The summed E-state index contributed by atoms with van der Waals surface area (Å²) in [7, 11) is 0. The van der Waals surface area contributed by atoms with E-state index in [9.17, 15) is 9.59 Å². The lowest BCUT2D eigenvalue weighted by molar-refractivity contribution is 0.0691. The molecule has 0 spiro atoms. The maximum absolute atomic E-state index is 12.0. The van der Waals surface area contributed by atoms with Gasteiger partial charge in [-0.2, -0.15) is 0 Å². The quantitative estimate of drug-likeness (QED) is 0.786. The smallest absolute Gasteiger partial charge is 0.336 e. The van der Waals surface area contributed by atoms with E-state index in [2.05, 4.69) is 10.2 Å². The number of amides is 1. The molecular weight excluding hydrogens is 268 g/mol. The Morgan fingerprint density at radius 1 is 1.10 bits per heavy atom. The Hall–Kier alpha value is -1.88. The van der Waals surface area contributed by atoms with Crippen LogP contribution in [0.4, 0.5) is 0 Å². The van der Waals surface area contributed by atoms with Gasteiger partial charge < -0.3 is 15.3 Å². The van der Waals surface area contributed by atoms with Gasteiger partial charge in [-0.1, -0.05) is 18.6 Å². The van der Waals surface area contributed by atoms with Crippen LogP contribution in [0, 0.1) is 0 Å². The highest BCUT2D eigenvalue weighted by Crippen LogP contribution is 2.10. The van der Waals surface area contributed by atoms with Crippen LogP contribution in [0.5, 0.6) is 0 Å². The molecule has 0 aromatic heterocycles. The van der Waals surface area contributed by atoms with Gasteiger partial charge in [0.1, 0.15) is 0 Å². The molecule has 0 atom stereocenters. The van der Waals surface area contributed by atoms with Crippen LogP contribution in [0.2, 0.25) is 0 Å². The molecule has 1 fully saturated rings. The van der Waals surface area contributed by atoms with Crippen LogP contribution in [0.1, 0.15) is 46.4 Å². The molecule has 1 aromatic rings. The maximum Gasteiger partial charge on any atom is 0.336 e. The number of hydrogen-bond acceptors (Lipinski definition) is 3. The van der Waals surface area contributed by atoms with Gasteiger partial charge in [0.05, 0.1) is 11.1 Å². The highest BCUT2D eigenvalue weighted by molar-refractivity contribution is 6.04. The monoisotopic (exact) mass is 290 g/mol. The van der Waals surface area contributed by atoms with Crippen molar-refractivity contribution in [2.75, 3.05) is 26.2 Å². The first-order chi connectivity index (χ1) is 10.2. The fraction of sp³-hybridized carbons (Fsp3) is 0.500. The molecule has 1 saturated heterocycles. The van der Waals surface area contributed by atoms with E-state index in [1.807, 2.05) is 0 Å². The number of carboxylic acid groups (broad SMARTS) is 1. The summed E-state index contributed by atoms with van der Waals surface area (Å²) in [6.45, 7) is 3.86. The topological polar surface area (TPSA) is 69.6 Å². The van der Waals surface area contributed by atoms with Crippen molar-refractivity contribution >= 4 is 11.9 Å². The SMILES string of the molecule is O=C(O)c1ccccc1C(=O)NCCCN1CCCCC1. The van der Waals surface area contributed by atoms with Crippen molar-refractivity contribution in [3.63, 3.8) is 0 Å². The van der Waals surface area contributed by atoms with E-state index in [-0.39, 0.29) is 17.0 Å². The molecule has 1 aliphatic heterocycles. The van der Waals surface area contributed by atoms with Gasteiger partial charge in [0.2, 0.25) is 0 Å². The zero-order chi connectivity index (χ0) is 15.1. The average Bonchev–Trinajstić information content (AvgIpc) is 2.52. The zero-order valence-corrected chi connectivity index (χ0v) is 12.2. The van der Waals surface area contributed by atoms with E-state index >= 15 is 0 Å². The number of aromatic carboxylic acids is 1. The predicted octanol–water partition coefficient (Wildman–Crippen LogP) is 1.99. The lowest BCUT2D eigenvalue weighted by Gasteiger charge is -2.26. The van der Waals surface area contributed by atoms with Gasteiger partial charge in [-0.05, 0) is 51.0 Å². The Bertz CT molecular complexity index is 496. The Balaban J connectivity index is 1.78. The van der Waals surface area contributed by atoms with Gasteiger partial charge >= 0.3 is 5.97 Å². The summed E-state index contributed by atoms with van der Waals surface area (Å²) in [5, 5.41) is 11.9. The number of carbonyl (C=O) groups is 2. The summed E-state index contributed by atoms with van der Waals surface area (Å²) in [5.74, 6) is -1.39. The second kappa shape index (κ2) is 7.78. The van der Waals surface area contributed by atoms with Gasteiger partial charge in [0.25, 0.3) is 5.91 Å². The minimum Gasteiger partial charge on any atom is -0.478 e. The van der Waals surface area contributed by atoms with Crippen LogP contribution in [0.15, 0.2) is 24.3 Å². The Morgan fingerprint density at radius 2 is 1.76 bits per heavy atom. The van der Waals surface area contributed by atoms with Crippen molar-refractivity contribution in [1.29, 1.82) is 0 Å². The number of nitrogens with one attached hydrogen (secondary N) is 1. The molecule has 1 aliphatic rings. The summed E-state index contributed by atoms with van der Waals surface area (Å²) in [6, 6.07) is 6.29. The maximum atomic E-state index is 12.0. The first kappa shape index (κ1) is 15.5. The molecule has 2 rings (SSSR count). The third kappa shape index (κ3) is 4.56. The van der Waals surface area contributed by atoms with Gasteiger partial charge in [-0.25, -0.2) is 4.79 Å². The van der Waals surface area contributed by atoms with Crippen LogP contribution in [0.3, 0.4) is 0 Å². The number of carboxylic acids is 1. The molecular formula is C16H22N2O3. The van der Waals surface area contributed by atoms with E-state index in [1.54, 1.807) is 18.2 Å². The number of nitrogens with zero attached hydrogens (tertiary/aromatic N) is 1. The minimum absolute atomic E-state index is 0.0473. The molecule has 0 saturated carbocycles. The highest BCUT2D eigenvalue weighted by Gasteiger charge is 2.15. The molecule has 0 bridgehead atoms. The van der Waals surface area contributed by atoms with Crippen molar-refractivity contribution in [2.24, 2.45) is 0 Å². The van der Waals surface area contributed by atoms with Crippen molar-refractivity contribution < 1.29 is 14.7 Å². The molecule has 5 nitrogen and oxygen atoms in total. The first-order valence-corrected chi connectivity index (χ1v) is 7.51. The molecule has 0 unspecified atom stereocenters. The van der Waals surface area contributed by atoms with Crippen LogP contribution in [-0.4, -0.2) is 48.1 Å². The number of benzene rings is 1. The molecule has 0 aliphatic carbocycles. The minimum atomic E-state index is -1.07. The fourth-order valence-electron chi connectivity index (χ4n) is 2.65. The highest BCUT2D eigenvalue weighted by atomic mass is 16.4. The van der Waals surface area contributed by atoms with Crippen molar-refractivity contribution in [1.82, 2.24) is 10.2 Å². The molecule has 21 heavy (non-hydrogen) atoms. The second-order valence-electron chi connectivity index (χ2n) is 5.36. The van der Waals surface area contributed by atoms with E-state index in [1.165, 1.54) is 25.3 Å². The van der Waals surface area contributed by atoms with Crippen molar-refractivity contribution in [2.45, 2.75) is 25.7 Å². The van der Waals surface area contributed by atoms with Crippen LogP contribution >= 0.6 is 0 Å². The largest absolute Gasteiger partial charge is 0.478 e. The number of hydrogen-bond donors (Lipinski definition) is 2. The lowest BCUT2D eigenvalue weighted by atomic mass is 10.1. The second-order valence-corrected chi connectivity index (χ2v) is 5.36. The molecule has 5 heteroatoms. The van der Waals surface area contributed by atoms with E-state index in [0.717, 1.165) is 26.1 Å². The predicted molar refractivity (Wildman–Crippen MR) is 80.6 cm³/mol. The third-order valence-corrected chi connectivity index (χ3v) is 3.79. The Morgan fingerprint density at radius 3 is 2.43 bits per heavy atom. The van der Waals surface area contributed by atoms with Crippen LogP contribution < -0.4 is 5.32 Å². The molecule has 1 aromatic carbocycles. The Kier molecular flexibility index (Phi) is 5.75. The summed E-state index contributed by atoms with van der Waals surface area (Å²) in [6.07, 6.45) is 4.73. The Labute approximate surface area is 125 Å². The molecule has 1 amide bonds.